The van der Waals surface area contributed by atoms with Gasteiger partial charge in [0.25, 0.3) is 0 Å². The third-order valence-electron chi connectivity index (χ3n) is 1.85. The lowest BCUT2D eigenvalue weighted by Crippen LogP contribution is -2.08. The average molecular weight is 192 g/mol. The molecule has 1 aromatic carbocycles. The minimum Gasteiger partial charge on any atom is -0.465 e. The molecule has 2 rings (SSSR count). The summed E-state index contributed by atoms with van der Waals surface area (Å²) in [4.78, 5) is 15.3. The quantitative estimate of drug-likeness (QED) is 0.711. The van der Waals surface area contributed by atoms with Crippen LogP contribution in [-0.2, 0) is 6.42 Å². The van der Waals surface area contributed by atoms with Gasteiger partial charge in [-0.3, -0.25) is 5.32 Å². The van der Waals surface area contributed by atoms with E-state index in [2.05, 4.69) is 10.5 Å². The van der Waals surface area contributed by atoms with Crippen molar-refractivity contribution in [1.29, 1.82) is 0 Å². The maximum atomic E-state index is 10.4. The number of benzene rings is 1. The molecular weight excluding hydrogens is 184 g/mol. The number of fused-ring (bicyclic) bond motifs is 1. The Kier molecular flexibility index (Phi) is 2.06. The summed E-state index contributed by atoms with van der Waals surface area (Å²) in [6, 6.07) is 5.06. The Labute approximate surface area is 80.0 Å². The monoisotopic (exact) mass is 192 g/mol. The molecule has 5 nitrogen and oxygen atoms in total. The summed E-state index contributed by atoms with van der Waals surface area (Å²) in [5, 5.41) is 14.4. The van der Waals surface area contributed by atoms with Gasteiger partial charge in [0.15, 0.2) is 5.75 Å². The Morgan fingerprint density at radius 1 is 1.57 bits per heavy atom. The molecule has 0 aromatic heterocycles. The number of amides is 1. The van der Waals surface area contributed by atoms with Gasteiger partial charge in [0.2, 0.25) is 0 Å². The van der Waals surface area contributed by atoms with Crippen LogP contribution in [0.25, 0.3) is 0 Å². The van der Waals surface area contributed by atoms with Gasteiger partial charge in [-0.15, -0.1) is 0 Å². The number of nitrogens with one attached hydrogen (secondary N) is 1. The average Bonchev–Trinajstić information content (AvgIpc) is 2.17. The Hall–Kier alpha value is -2.04. The summed E-state index contributed by atoms with van der Waals surface area (Å²) in [7, 11) is 0. The van der Waals surface area contributed by atoms with Crippen LogP contribution in [0.4, 0.5) is 10.5 Å². The lowest BCUT2D eigenvalue weighted by atomic mass is 10.1. The van der Waals surface area contributed by atoms with Crippen LogP contribution in [0.5, 0.6) is 5.75 Å². The number of oxime groups is 1. The summed E-state index contributed by atoms with van der Waals surface area (Å²) in [5.41, 5.74) is 1.46. The SMILES string of the molecule is O=C(O)Nc1ccc2c(c1)CC=NO2. The predicted octanol–water partition coefficient (Wildman–Crippen LogP) is 1.70. The molecule has 1 aromatic rings. The van der Waals surface area contributed by atoms with Crippen LogP contribution in [0.3, 0.4) is 0 Å². The fourth-order valence-electron chi connectivity index (χ4n) is 1.26. The summed E-state index contributed by atoms with van der Waals surface area (Å²) in [6.07, 6.45) is 1.22. The molecule has 1 aliphatic heterocycles. The van der Waals surface area contributed by atoms with Crippen LogP contribution >= 0.6 is 0 Å². The van der Waals surface area contributed by atoms with Gasteiger partial charge in [-0.1, -0.05) is 5.16 Å². The van der Waals surface area contributed by atoms with Crippen molar-refractivity contribution >= 4 is 18.0 Å². The molecule has 0 atom stereocenters. The number of hydrogen-bond acceptors (Lipinski definition) is 3. The zero-order chi connectivity index (χ0) is 9.97. The van der Waals surface area contributed by atoms with Crippen LogP contribution in [0, 0.1) is 0 Å². The first kappa shape index (κ1) is 8.55. The second-order valence-electron chi connectivity index (χ2n) is 2.84. The zero-order valence-electron chi connectivity index (χ0n) is 7.23. The molecule has 14 heavy (non-hydrogen) atoms. The molecule has 2 N–H and O–H groups in total. The number of nitrogens with zero attached hydrogens (tertiary/aromatic N) is 1. The van der Waals surface area contributed by atoms with E-state index in [4.69, 9.17) is 9.94 Å². The van der Waals surface area contributed by atoms with E-state index in [9.17, 15) is 4.79 Å². The molecule has 0 bridgehead atoms. The first-order chi connectivity index (χ1) is 6.75. The number of anilines is 1. The minimum atomic E-state index is -1.07. The van der Waals surface area contributed by atoms with Crippen LogP contribution in [0.15, 0.2) is 23.4 Å². The fourth-order valence-corrected chi connectivity index (χ4v) is 1.26. The molecule has 0 radical (unpaired) electrons. The first-order valence-corrected chi connectivity index (χ1v) is 4.07. The Bertz CT molecular complexity index is 401. The predicted molar refractivity (Wildman–Crippen MR) is 50.9 cm³/mol. The molecule has 5 heteroatoms. The molecule has 1 heterocycles. The van der Waals surface area contributed by atoms with E-state index in [1.807, 2.05) is 0 Å². The highest BCUT2D eigenvalue weighted by molar-refractivity contribution is 5.83. The molecule has 1 aliphatic rings. The van der Waals surface area contributed by atoms with E-state index in [-0.39, 0.29) is 0 Å². The molecule has 0 saturated heterocycles. The van der Waals surface area contributed by atoms with Crippen molar-refractivity contribution in [3.8, 4) is 5.75 Å². The summed E-state index contributed by atoms with van der Waals surface area (Å²) < 4.78 is 0. The molecule has 0 aliphatic carbocycles. The molecule has 72 valence electrons. The fraction of sp³-hybridized carbons (Fsp3) is 0.111. The maximum Gasteiger partial charge on any atom is 0.409 e. The summed E-state index contributed by atoms with van der Waals surface area (Å²) in [6.45, 7) is 0. The zero-order valence-corrected chi connectivity index (χ0v) is 7.23. The lowest BCUT2D eigenvalue weighted by Gasteiger charge is -2.10. The van der Waals surface area contributed by atoms with Crippen LogP contribution in [0.2, 0.25) is 0 Å². The van der Waals surface area contributed by atoms with Crippen molar-refractivity contribution in [2.75, 3.05) is 5.32 Å². The van der Waals surface area contributed by atoms with Gasteiger partial charge < -0.3 is 9.94 Å². The lowest BCUT2D eigenvalue weighted by molar-refractivity contribution is 0.209. The van der Waals surface area contributed by atoms with Gasteiger partial charge >= 0.3 is 6.09 Å². The van der Waals surface area contributed by atoms with Gasteiger partial charge in [0, 0.05) is 23.9 Å². The number of rotatable bonds is 1. The van der Waals surface area contributed by atoms with Gasteiger partial charge in [-0.2, -0.15) is 0 Å². The second kappa shape index (κ2) is 3.37. The number of carboxylic acid groups (broad SMARTS) is 1. The van der Waals surface area contributed by atoms with Crippen molar-refractivity contribution in [3.05, 3.63) is 23.8 Å². The Morgan fingerprint density at radius 2 is 2.43 bits per heavy atom. The molecule has 0 unspecified atom stereocenters. The largest absolute Gasteiger partial charge is 0.465 e. The topological polar surface area (TPSA) is 70.9 Å². The molecular formula is C9H8N2O3. The normalized spacial score (nSPS) is 12.9. The maximum absolute atomic E-state index is 10.4. The molecule has 0 saturated carbocycles. The van der Waals surface area contributed by atoms with E-state index < -0.39 is 6.09 Å². The highest BCUT2D eigenvalue weighted by Gasteiger charge is 2.09. The molecule has 0 spiro atoms. The van der Waals surface area contributed by atoms with Crippen molar-refractivity contribution < 1.29 is 14.7 Å². The van der Waals surface area contributed by atoms with Crippen molar-refractivity contribution in [2.45, 2.75) is 6.42 Å². The smallest absolute Gasteiger partial charge is 0.409 e. The van der Waals surface area contributed by atoms with Gasteiger partial charge in [-0.25, -0.2) is 4.79 Å². The van der Waals surface area contributed by atoms with Crippen LogP contribution < -0.4 is 10.2 Å². The Morgan fingerprint density at radius 3 is 3.21 bits per heavy atom. The Balaban J connectivity index is 2.27. The van der Waals surface area contributed by atoms with Crippen molar-refractivity contribution in [1.82, 2.24) is 0 Å². The standard InChI is InChI=1S/C9H8N2O3/c12-9(13)11-7-1-2-8-6(5-7)3-4-10-14-8/h1-2,4-5,11H,3H2,(H,12,13). The van der Waals surface area contributed by atoms with E-state index in [1.165, 1.54) is 0 Å². The first-order valence-electron chi connectivity index (χ1n) is 4.07. The highest BCUT2D eigenvalue weighted by Crippen LogP contribution is 2.25. The highest BCUT2D eigenvalue weighted by atomic mass is 16.6. The van der Waals surface area contributed by atoms with Crippen LogP contribution in [-0.4, -0.2) is 17.4 Å². The molecule has 1 amide bonds. The van der Waals surface area contributed by atoms with Crippen molar-refractivity contribution in [3.63, 3.8) is 0 Å². The second-order valence-corrected chi connectivity index (χ2v) is 2.84. The van der Waals surface area contributed by atoms with E-state index >= 15 is 0 Å². The third kappa shape index (κ3) is 1.66. The minimum absolute atomic E-state index is 0.537. The van der Waals surface area contributed by atoms with E-state index in [1.54, 1.807) is 24.4 Å². The molecule has 0 fully saturated rings. The summed E-state index contributed by atoms with van der Waals surface area (Å²) >= 11 is 0. The van der Waals surface area contributed by atoms with E-state index in [0.717, 1.165) is 5.56 Å². The van der Waals surface area contributed by atoms with Gasteiger partial charge in [-0.05, 0) is 18.2 Å². The third-order valence-corrected chi connectivity index (χ3v) is 1.85. The number of carbonyl (C=O) groups is 1. The number of hydrogen-bond donors (Lipinski definition) is 2. The van der Waals surface area contributed by atoms with Crippen LogP contribution in [0.1, 0.15) is 5.56 Å². The van der Waals surface area contributed by atoms with E-state index in [0.29, 0.717) is 17.9 Å². The van der Waals surface area contributed by atoms with Gasteiger partial charge in [0.05, 0.1) is 0 Å². The van der Waals surface area contributed by atoms with Gasteiger partial charge in [0.1, 0.15) is 0 Å². The van der Waals surface area contributed by atoms with Crippen molar-refractivity contribution in [2.24, 2.45) is 5.16 Å². The summed E-state index contributed by atoms with van der Waals surface area (Å²) in [5.74, 6) is 0.670.